The Morgan fingerprint density at radius 3 is 2.75 bits per heavy atom. The van der Waals surface area contributed by atoms with E-state index in [0.717, 1.165) is 29.0 Å². The number of alkyl halides is 2. The van der Waals surface area contributed by atoms with Crippen LogP contribution in [0.5, 0.6) is 0 Å². The Hall–Kier alpha value is -3.38. The predicted octanol–water partition coefficient (Wildman–Crippen LogP) is 2.68. The third-order valence-electron chi connectivity index (χ3n) is 7.14. The maximum Gasteiger partial charge on any atom is 0.243 e. The molecule has 0 spiro atoms. The van der Waals surface area contributed by atoms with E-state index in [1.165, 1.54) is 0 Å². The number of imidazole rings is 1. The van der Waals surface area contributed by atoms with E-state index >= 15 is 0 Å². The number of aryl methyl sites for hydroxylation is 2. The molecule has 0 amide bonds. The number of piperidine rings is 1. The van der Waals surface area contributed by atoms with Gasteiger partial charge in [0.15, 0.2) is 11.5 Å². The van der Waals surface area contributed by atoms with Crippen molar-refractivity contribution in [3.05, 3.63) is 30.2 Å². The summed E-state index contributed by atoms with van der Waals surface area (Å²) < 4.78 is 36.8. The number of hydrogen-bond acceptors (Lipinski definition) is 8. The number of likely N-dealkylation sites (tertiary alicyclic amines) is 1. The predicted molar refractivity (Wildman–Crippen MR) is 133 cm³/mol. The van der Waals surface area contributed by atoms with E-state index in [0.29, 0.717) is 55.3 Å². The van der Waals surface area contributed by atoms with Crippen LogP contribution in [0.1, 0.15) is 12.2 Å². The van der Waals surface area contributed by atoms with Gasteiger partial charge in [0, 0.05) is 31.9 Å². The van der Waals surface area contributed by atoms with Gasteiger partial charge in [0.25, 0.3) is 0 Å². The fourth-order valence-electron chi connectivity index (χ4n) is 5.11. The smallest absolute Gasteiger partial charge is 0.243 e. The van der Waals surface area contributed by atoms with Gasteiger partial charge in [-0.2, -0.15) is 4.98 Å². The molecule has 0 saturated carbocycles. The van der Waals surface area contributed by atoms with Gasteiger partial charge in [-0.25, -0.2) is 23.3 Å². The van der Waals surface area contributed by atoms with Crippen LogP contribution < -0.4 is 10.6 Å². The average Bonchev–Trinajstić information content (AvgIpc) is 3.40. The summed E-state index contributed by atoms with van der Waals surface area (Å²) in [4.78, 5) is 16.1. The Labute approximate surface area is 206 Å². The third-order valence-corrected chi connectivity index (χ3v) is 7.14. The zero-order valence-corrected chi connectivity index (χ0v) is 20.3. The quantitative estimate of drug-likeness (QED) is 0.402. The van der Waals surface area contributed by atoms with Crippen molar-refractivity contribution in [2.75, 3.05) is 50.7 Å². The van der Waals surface area contributed by atoms with Crippen molar-refractivity contribution < 1.29 is 13.5 Å². The molecule has 2 N–H and O–H groups in total. The summed E-state index contributed by atoms with van der Waals surface area (Å²) in [5, 5.41) is 11.0. The molecule has 2 aliphatic rings. The molecule has 0 bridgehead atoms. The highest BCUT2D eigenvalue weighted by Gasteiger charge is 2.35. The number of pyridine rings is 1. The van der Waals surface area contributed by atoms with Crippen LogP contribution in [0.3, 0.4) is 0 Å². The Morgan fingerprint density at radius 1 is 1.17 bits per heavy atom. The van der Waals surface area contributed by atoms with Gasteiger partial charge in [0.05, 0.1) is 37.5 Å². The van der Waals surface area contributed by atoms with Crippen LogP contribution in [0.15, 0.2) is 24.4 Å². The van der Waals surface area contributed by atoms with Crippen molar-refractivity contribution in [3.63, 3.8) is 0 Å². The first kappa shape index (κ1) is 23.0. The van der Waals surface area contributed by atoms with Crippen LogP contribution >= 0.6 is 0 Å². The van der Waals surface area contributed by atoms with E-state index in [-0.39, 0.29) is 12.6 Å². The fraction of sp³-hybridized carbons (Fsp3) is 0.500. The molecule has 0 aliphatic carbocycles. The molecule has 190 valence electrons. The summed E-state index contributed by atoms with van der Waals surface area (Å²) in [6.07, 6.45) is 1.48. The number of nitrogens with zero attached hydrogens (tertiary/aromatic N) is 7. The number of hydrogen-bond donors (Lipinski definition) is 2. The van der Waals surface area contributed by atoms with E-state index in [4.69, 9.17) is 9.72 Å². The number of aromatic nitrogens is 6. The molecule has 12 heteroatoms. The minimum Gasteiger partial charge on any atom is -0.378 e. The number of fused-ring (bicyclic) bond motifs is 2. The second kappa shape index (κ2) is 9.25. The Balaban J connectivity index is 1.29. The van der Waals surface area contributed by atoms with Crippen molar-refractivity contribution in [2.45, 2.75) is 38.1 Å². The average molecular weight is 498 g/mol. The first-order chi connectivity index (χ1) is 17.6. The lowest BCUT2D eigenvalue weighted by Gasteiger charge is -2.42. The number of anilines is 2. The lowest BCUT2D eigenvalue weighted by molar-refractivity contribution is -0.0794. The molecule has 0 aromatic carbocycles. The molecular weight excluding hydrogens is 468 g/mol. The molecule has 6 rings (SSSR count). The highest BCUT2D eigenvalue weighted by Crippen LogP contribution is 2.31. The topological polar surface area (TPSA) is 97.4 Å². The number of halogens is 2. The zero-order valence-electron chi connectivity index (χ0n) is 20.3. The standard InChI is InChI=1S/C24H29F2N9O/c1-14-28-20-4-3-18(29-23(20)34(14)10-7-25)16-5-9-35-21(16)22(27-2)31-24(32-35)30-19-6-8-33(11-17(19)26)15-12-36-13-15/h3-5,9,15,17,19H,6-8,10-13H2,1-2H3,(H2,27,30,31,32). The summed E-state index contributed by atoms with van der Waals surface area (Å²) in [5.41, 5.74) is 3.65. The fourth-order valence-corrected chi connectivity index (χ4v) is 5.11. The van der Waals surface area contributed by atoms with Crippen LogP contribution in [0.2, 0.25) is 0 Å². The first-order valence-corrected chi connectivity index (χ1v) is 12.3. The van der Waals surface area contributed by atoms with Gasteiger partial charge in [0.1, 0.15) is 29.7 Å². The lowest BCUT2D eigenvalue weighted by Crippen LogP contribution is -2.57. The summed E-state index contributed by atoms with van der Waals surface area (Å²) in [6.45, 7) is 4.13. The van der Waals surface area contributed by atoms with Gasteiger partial charge in [-0.05, 0) is 31.5 Å². The summed E-state index contributed by atoms with van der Waals surface area (Å²) >= 11 is 0. The molecule has 4 aromatic rings. The van der Waals surface area contributed by atoms with Crippen LogP contribution in [-0.2, 0) is 11.3 Å². The van der Waals surface area contributed by atoms with Gasteiger partial charge in [-0.3, -0.25) is 4.90 Å². The monoisotopic (exact) mass is 497 g/mol. The van der Waals surface area contributed by atoms with E-state index < -0.39 is 12.8 Å². The number of ether oxygens (including phenoxy) is 1. The highest BCUT2D eigenvalue weighted by molar-refractivity contribution is 5.89. The molecular formula is C24H29F2N9O. The minimum atomic E-state index is -1.02. The molecule has 0 radical (unpaired) electrons. The molecule has 2 fully saturated rings. The zero-order chi connectivity index (χ0) is 24.8. The summed E-state index contributed by atoms with van der Waals surface area (Å²) in [6, 6.07) is 5.68. The van der Waals surface area contributed by atoms with Gasteiger partial charge in [-0.1, -0.05) is 0 Å². The van der Waals surface area contributed by atoms with Crippen molar-refractivity contribution in [1.29, 1.82) is 0 Å². The molecule has 4 aromatic heterocycles. The molecule has 2 atom stereocenters. The van der Waals surface area contributed by atoms with Crippen LogP contribution in [-0.4, -0.2) is 92.3 Å². The van der Waals surface area contributed by atoms with Crippen LogP contribution in [0.25, 0.3) is 27.9 Å². The van der Waals surface area contributed by atoms with E-state index in [1.54, 1.807) is 16.1 Å². The Morgan fingerprint density at radius 2 is 2.03 bits per heavy atom. The van der Waals surface area contributed by atoms with Gasteiger partial charge >= 0.3 is 0 Å². The lowest BCUT2D eigenvalue weighted by atomic mass is 10.0. The minimum absolute atomic E-state index is 0.206. The second-order valence-corrected chi connectivity index (χ2v) is 9.34. The normalized spacial score (nSPS) is 21.2. The molecule has 10 nitrogen and oxygen atoms in total. The Kier molecular flexibility index (Phi) is 5.92. The van der Waals surface area contributed by atoms with E-state index in [1.807, 2.05) is 31.3 Å². The van der Waals surface area contributed by atoms with Crippen LogP contribution in [0, 0.1) is 6.92 Å². The van der Waals surface area contributed by atoms with Crippen molar-refractivity contribution in [3.8, 4) is 11.3 Å². The van der Waals surface area contributed by atoms with Gasteiger partial charge in [0.2, 0.25) is 5.95 Å². The highest BCUT2D eigenvalue weighted by atomic mass is 19.1. The molecule has 36 heavy (non-hydrogen) atoms. The summed E-state index contributed by atoms with van der Waals surface area (Å²) in [5.74, 6) is 1.69. The molecule has 2 saturated heterocycles. The number of nitrogens with one attached hydrogen (secondary N) is 2. The maximum absolute atomic E-state index is 15.0. The van der Waals surface area contributed by atoms with Crippen molar-refractivity contribution in [1.82, 2.24) is 34.0 Å². The Bertz CT molecular complexity index is 1400. The van der Waals surface area contributed by atoms with Gasteiger partial charge < -0.3 is 19.9 Å². The first-order valence-electron chi connectivity index (χ1n) is 12.3. The SMILES string of the molecule is CNc1nc(NC2CCN(C3COC3)CC2F)nn2ccc(-c3ccc4nc(C)n(CCF)c4n3)c12. The largest absolute Gasteiger partial charge is 0.378 e. The van der Waals surface area contributed by atoms with Crippen molar-refractivity contribution >= 4 is 28.4 Å². The number of rotatable bonds is 7. The molecule has 6 heterocycles. The van der Waals surface area contributed by atoms with E-state index in [2.05, 4.69) is 30.6 Å². The van der Waals surface area contributed by atoms with Crippen LogP contribution in [0.4, 0.5) is 20.5 Å². The summed E-state index contributed by atoms with van der Waals surface area (Å²) in [7, 11) is 1.79. The van der Waals surface area contributed by atoms with Crippen molar-refractivity contribution in [2.24, 2.45) is 0 Å². The maximum atomic E-state index is 15.0. The third kappa shape index (κ3) is 3.94. The molecule has 2 aliphatic heterocycles. The van der Waals surface area contributed by atoms with Gasteiger partial charge in [-0.15, -0.1) is 5.10 Å². The molecule has 2 unspecified atom stereocenters. The van der Waals surface area contributed by atoms with E-state index in [9.17, 15) is 8.78 Å². The second-order valence-electron chi connectivity index (χ2n) is 9.34.